The third-order valence-electron chi connectivity index (χ3n) is 2.61. The number of aromatic nitrogens is 1. The molecule has 1 amide bonds. The van der Waals surface area contributed by atoms with Gasteiger partial charge in [0.1, 0.15) is 5.82 Å². The highest BCUT2D eigenvalue weighted by atomic mass is 19.1. The van der Waals surface area contributed by atoms with Crippen LogP contribution in [0.25, 0.3) is 0 Å². The average molecular weight is 225 g/mol. The van der Waals surface area contributed by atoms with Crippen LogP contribution >= 0.6 is 0 Å². The number of pyridine rings is 1. The molecule has 0 fully saturated rings. The Kier molecular flexibility index (Phi) is 3.95. The van der Waals surface area contributed by atoms with Crippen LogP contribution in [0.2, 0.25) is 0 Å². The molecule has 0 saturated carbocycles. The van der Waals surface area contributed by atoms with Crippen LogP contribution in [0.4, 0.5) is 4.39 Å². The molecule has 0 saturated heterocycles. The van der Waals surface area contributed by atoms with Gasteiger partial charge in [0.15, 0.2) is 0 Å². The fourth-order valence-electron chi connectivity index (χ4n) is 1.17. The van der Waals surface area contributed by atoms with Gasteiger partial charge in [-0.25, -0.2) is 4.39 Å². The maximum Gasteiger partial charge on any atom is 0.253 e. The molecular weight excluding hydrogens is 209 g/mol. The summed E-state index contributed by atoms with van der Waals surface area (Å²) in [5.41, 5.74) is 5.30. The Labute approximate surface area is 94.1 Å². The predicted molar refractivity (Wildman–Crippen MR) is 59.4 cm³/mol. The summed E-state index contributed by atoms with van der Waals surface area (Å²) in [5.74, 6) is -0.889. The van der Waals surface area contributed by atoms with Gasteiger partial charge in [0.25, 0.3) is 5.91 Å². The molecule has 0 aliphatic rings. The maximum atomic E-state index is 12.9. The summed E-state index contributed by atoms with van der Waals surface area (Å²) in [5, 5.41) is 2.77. The summed E-state index contributed by atoms with van der Waals surface area (Å²) in [6, 6.07) is 1.15. The molecule has 0 radical (unpaired) electrons. The highest BCUT2D eigenvalue weighted by molar-refractivity contribution is 5.94. The van der Waals surface area contributed by atoms with Crippen molar-refractivity contribution in [1.82, 2.24) is 10.3 Å². The quantitative estimate of drug-likeness (QED) is 0.805. The van der Waals surface area contributed by atoms with Crippen molar-refractivity contribution in [3.8, 4) is 0 Å². The number of nitrogens with one attached hydrogen (secondary N) is 1. The Balaban J connectivity index is 2.80. The topological polar surface area (TPSA) is 68.0 Å². The van der Waals surface area contributed by atoms with Gasteiger partial charge in [-0.2, -0.15) is 0 Å². The molecule has 0 aliphatic heterocycles. The van der Waals surface area contributed by atoms with Crippen LogP contribution in [0.3, 0.4) is 0 Å². The van der Waals surface area contributed by atoms with E-state index in [1.165, 1.54) is 6.20 Å². The summed E-state index contributed by atoms with van der Waals surface area (Å²) in [7, 11) is 0. The standard InChI is InChI=1S/C11H16FN3O/c1-3-11(2,7-13)15-10(16)8-4-9(12)6-14-5-8/h4-6H,3,7,13H2,1-2H3,(H,15,16). The van der Waals surface area contributed by atoms with Crippen molar-refractivity contribution in [2.24, 2.45) is 5.73 Å². The lowest BCUT2D eigenvalue weighted by Crippen LogP contribution is -2.50. The molecule has 16 heavy (non-hydrogen) atoms. The van der Waals surface area contributed by atoms with Crippen molar-refractivity contribution in [3.63, 3.8) is 0 Å². The van der Waals surface area contributed by atoms with Crippen molar-refractivity contribution < 1.29 is 9.18 Å². The summed E-state index contributed by atoms with van der Waals surface area (Å²) in [6.45, 7) is 4.10. The van der Waals surface area contributed by atoms with E-state index in [0.717, 1.165) is 12.3 Å². The van der Waals surface area contributed by atoms with Crippen LogP contribution in [-0.2, 0) is 0 Å². The number of carbonyl (C=O) groups excluding carboxylic acids is 1. The maximum absolute atomic E-state index is 12.9. The molecule has 5 heteroatoms. The Bertz CT molecular complexity index is 377. The molecule has 1 rings (SSSR count). The van der Waals surface area contributed by atoms with Gasteiger partial charge in [-0.05, 0) is 19.4 Å². The van der Waals surface area contributed by atoms with E-state index in [1.807, 2.05) is 13.8 Å². The molecule has 0 bridgehead atoms. The molecule has 1 unspecified atom stereocenters. The van der Waals surface area contributed by atoms with Gasteiger partial charge >= 0.3 is 0 Å². The lowest BCUT2D eigenvalue weighted by atomic mass is 9.99. The second-order valence-corrected chi connectivity index (χ2v) is 3.96. The molecule has 1 aromatic heterocycles. The minimum atomic E-state index is -0.529. The Hall–Kier alpha value is -1.49. The Morgan fingerprint density at radius 2 is 2.31 bits per heavy atom. The lowest BCUT2D eigenvalue weighted by Gasteiger charge is -2.27. The number of carbonyl (C=O) groups is 1. The minimum absolute atomic E-state index is 0.202. The summed E-state index contributed by atoms with van der Waals surface area (Å²) < 4.78 is 12.9. The highest BCUT2D eigenvalue weighted by Gasteiger charge is 2.23. The molecule has 0 spiro atoms. The van der Waals surface area contributed by atoms with E-state index in [2.05, 4.69) is 10.3 Å². The molecule has 4 nitrogen and oxygen atoms in total. The minimum Gasteiger partial charge on any atom is -0.346 e. The number of rotatable bonds is 4. The Morgan fingerprint density at radius 3 is 2.81 bits per heavy atom. The molecule has 3 N–H and O–H groups in total. The Morgan fingerprint density at radius 1 is 1.62 bits per heavy atom. The van der Waals surface area contributed by atoms with Crippen LogP contribution in [0.1, 0.15) is 30.6 Å². The first kappa shape index (κ1) is 12.6. The van der Waals surface area contributed by atoms with E-state index in [0.29, 0.717) is 13.0 Å². The lowest BCUT2D eigenvalue weighted by molar-refractivity contribution is 0.0905. The van der Waals surface area contributed by atoms with Gasteiger partial charge in [0.2, 0.25) is 0 Å². The van der Waals surface area contributed by atoms with Crippen LogP contribution in [0, 0.1) is 5.82 Å². The first-order chi connectivity index (χ1) is 7.50. The van der Waals surface area contributed by atoms with E-state index in [1.54, 1.807) is 0 Å². The normalized spacial score (nSPS) is 14.2. The van der Waals surface area contributed by atoms with Crippen LogP contribution in [0.5, 0.6) is 0 Å². The summed E-state index contributed by atoms with van der Waals surface area (Å²) in [4.78, 5) is 15.4. The van der Waals surface area contributed by atoms with E-state index >= 15 is 0 Å². The zero-order valence-corrected chi connectivity index (χ0v) is 9.46. The molecule has 1 atom stereocenters. The monoisotopic (exact) mass is 225 g/mol. The zero-order valence-electron chi connectivity index (χ0n) is 9.46. The van der Waals surface area contributed by atoms with Gasteiger partial charge in [-0.1, -0.05) is 6.92 Å². The molecule has 88 valence electrons. The van der Waals surface area contributed by atoms with Crippen LogP contribution in [-0.4, -0.2) is 23.0 Å². The smallest absolute Gasteiger partial charge is 0.253 e. The predicted octanol–water partition coefficient (Wildman–Crippen LogP) is 1.08. The number of halogens is 1. The number of hydrogen-bond acceptors (Lipinski definition) is 3. The molecule has 1 aromatic rings. The largest absolute Gasteiger partial charge is 0.346 e. The second-order valence-electron chi connectivity index (χ2n) is 3.96. The van der Waals surface area contributed by atoms with Gasteiger partial charge in [-0.15, -0.1) is 0 Å². The third kappa shape index (κ3) is 3.00. The fraction of sp³-hybridized carbons (Fsp3) is 0.455. The van der Waals surface area contributed by atoms with Gasteiger partial charge in [0, 0.05) is 18.3 Å². The molecule has 0 aromatic carbocycles. The van der Waals surface area contributed by atoms with Crippen LogP contribution < -0.4 is 11.1 Å². The third-order valence-corrected chi connectivity index (χ3v) is 2.61. The summed E-state index contributed by atoms with van der Waals surface area (Å²) in [6.07, 6.45) is 3.09. The SMILES string of the molecule is CCC(C)(CN)NC(=O)c1cncc(F)c1. The van der Waals surface area contributed by atoms with Crippen molar-refractivity contribution in [2.75, 3.05) is 6.54 Å². The van der Waals surface area contributed by atoms with Gasteiger partial charge < -0.3 is 11.1 Å². The van der Waals surface area contributed by atoms with Gasteiger partial charge in [0.05, 0.1) is 11.8 Å². The average Bonchev–Trinajstić information content (AvgIpc) is 2.29. The van der Waals surface area contributed by atoms with E-state index in [-0.39, 0.29) is 11.5 Å². The molecule has 0 aliphatic carbocycles. The molecular formula is C11H16FN3O. The highest BCUT2D eigenvalue weighted by Crippen LogP contribution is 2.09. The van der Waals surface area contributed by atoms with Crippen molar-refractivity contribution >= 4 is 5.91 Å². The van der Waals surface area contributed by atoms with Crippen LogP contribution in [0.15, 0.2) is 18.5 Å². The number of hydrogen-bond donors (Lipinski definition) is 2. The van der Waals surface area contributed by atoms with E-state index in [4.69, 9.17) is 5.73 Å². The van der Waals surface area contributed by atoms with E-state index in [9.17, 15) is 9.18 Å². The van der Waals surface area contributed by atoms with Crippen molar-refractivity contribution in [1.29, 1.82) is 0 Å². The first-order valence-electron chi connectivity index (χ1n) is 5.14. The number of nitrogens with two attached hydrogens (primary N) is 1. The summed E-state index contributed by atoms with van der Waals surface area (Å²) >= 11 is 0. The number of nitrogens with zero attached hydrogens (tertiary/aromatic N) is 1. The van der Waals surface area contributed by atoms with Crippen molar-refractivity contribution in [3.05, 3.63) is 29.8 Å². The first-order valence-corrected chi connectivity index (χ1v) is 5.14. The van der Waals surface area contributed by atoms with Gasteiger partial charge in [-0.3, -0.25) is 9.78 Å². The second kappa shape index (κ2) is 5.03. The zero-order chi connectivity index (χ0) is 12.2. The number of amides is 1. The van der Waals surface area contributed by atoms with Crippen molar-refractivity contribution in [2.45, 2.75) is 25.8 Å². The van der Waals surface area contributed by atoms with E-state index < -0.39 is 11.4 Å². The molecule has 1 heterocycles. The fourth-order valence-corrected chi connectivity index (χ4v) is 1.17.